The summed E-state index contributed by atoms with van der Waals surface area (Å²) in [5.74, 6) is 0.316. The monoisotopic (exact) mass is 453 g/mol. The van der Waals surface area contributed by atoms with Crippen LogP contribution in [0.5, 0.6) is 0 Å². The molecule has 0 aliphatic carbocycles. The lowest BCUT2D eigenvalue weighted by molar-refractivity contribution is 0.575. The van der Waals surface area contributed by atoms with Gasteiger partial charge >= 0.3 is 0 Å². The normalized spacial score (nSPS) is 12.0. The van der Waals surface area contributed by atoms with Gasteiger partial charge in [0, 0.05) is 18.7 Å². The van der Waals surface area contributed by atoms with Crippen molar-refractivity contribution in [2.24, 2.45) is 0 Å². The van der Waals surface area contributed by atoms with Crippen molar-refractivity contribution in [2.45, 2.75) is 11.4 Å². The molecule has 0 unspecified atom stereocenters. The van der Waals surface area contributed by atoms with E-state index in [1.165, 1.54) is 18.2 Å². The third-order valence-electron chi connectivity index (χ3n) is 4.92. The van der Waals surface area contributed by atoms with Gasteiger partial charge in [0.1, 0.15) is 27.6 Å². The second-order valence-corrected chi connectivity index (χ2v) is 9.13. The number of para-hydroxylation sites is 2. The number of aromatic nitrogens is 4. The van der Waals surface area contributed by atoms with Gasteiger partial charge in [0.2, 0.25) is 10.0 Å². The minimum atomic E-state index is -3.78. The molecule has 5 rings (SSSR count). The lowest BCUT2D eigenvalue weighted by Gasteiger charge is -2.11. The number of rotatable bonds is 6. The standard InChI is InChI=1S/C21H16FN5O2S2/c22-15-10-8-14(9-11-15)21-24-16-4-1-2-6-18(16)27(21)13-12-23-31(28,29)19-7-3-5-17-20(19)26-30-25-17/h1-11,23H,12-13H2. The molecule has 2 aromatic heterocycles. The Morgan fingerprint density at radius 1 is 0.935 bits per heavy atom. The molecule has 10 heteroatoms. The van der Waals surface area contributed by atoms with Gasteiger partial charge in [0.25, 0.3) is 0 Å². The van der Waals surface area contributed by atoms with Gasteiger partial charge in [-0.05, 0) is 48.5 Å². The van der Waals surface area contributed by atoms with Crippen molar-refractivity contribution in [1.82, 2.24) is 23.0 Å². The Labute approximate surface area is 181 Å². The van der Waals surface area contributed by atoms with Crippen LogP contribution in [-0.2, 0) is 16.6 Å². The first-order valence-corrected chi connectivity index (χ1v) is 11.7. The Hall–Kier alpha value is -3.21. The Bertz CT molecular complexity index is 1490. The summed E-state index contributed by atoms with van der Waals surface area (Å²) in [6.07, 6.45) is 0. The molecular formula is C21H16FN5O2S2. The highest BCUT2D eigenvalue weighted by atomic mass is 32.2. The van der Waals surface area contributed by atoms with E-state index in [4.69, 9.17) is 0 Å². The number of imidazole rings is 1. The second-order valence-electron chi connectivity index (χ2n) is 6.87. The summed E-state index contributed by atoms with van der Waals surface area (Å²) < 4.78 is 51.9. The molecule has 3 aromatic carbocycles. The first-order valence-electron chi connectivity index (χ1n) is 9.45. The SMILES string of the molecule is O=S(=O)(NCCn1c(-c2ccc(F)cc2)nc2ccccc21)c1cccc2nsnc12. The van der Waals surface area contributed by atoms with Gasteiger partial charge in [0.05, 0.1) is 22.8 Å². The number of nitrogens with zero attached hydrogens (tertiary/aromatic N) is 4. The van der Waals surface area contributed by atoms with E-state index in [1.807, 2.05) is 28.8 Å². The lowest BCUT2D eigenvalue weighted by atomic mass is 10.2. The van der Waals surface area contributed by atoms with Crippen LogP contribution >= 0.6 is 11.7 Å². The van der Waals surface area contributed by atoms with E-state index >= 15 is 0 Å². The average Bonchev–Trinajstić information content (AvgIpc) is 3.39. The fourth-order valence-corrected chi connectivity index (χ4v) is 5.27. The molecule has 0 atom stereocenters. The molecule has 2 heterocycles. The molecule has 0 spiro atoms. The largest absolute Gasteiger partial charge is 0.323 e. The van der Waals surface area contributed by atoms with E-state index < -0.39 is 10.0 Å². The fraction of sp³-hybridized carbons (Fsp3) is 0.0952. The predicted octanol–water partition coefficient (Wildman–Crippen LogP) is 3.83. The molecule has 0 bridgehead atoms. The maximum atomic E-state index is 13.4. The van der Waals surface area contributed by atoms with Crippen molar-refractivity contribution in [2.75, 3.05) is 6.54 Å². The summed E-state index contributed by atoms with van der Waals surface area (Å²) in [6.45, 7) is 0.489. The van der Waals surface area contributed by atoms with Gasteiger partial charge in [-0.2, -0.15) is 8.75 Å². The van der Waals surface area contributed by atoms with E-state index in [-0.39, 0.29) is 17.3 Å². The van der Waals surface area contributed by atoms with Crippen LogP contribution in [0.2, 0.25) is 0 Å². The zero-order valence-corrected chi connectivity index (χ0v) is 17.7. The van der Waals surface area contributed by atoms with E-state index in [0.29, 0.717) is 23.4 Å². The molecular weight excluding hydrogens is 437 g/mol. The maximum Gasteiger partial charge on any atom is 0.242 e. The summed E-state index contributed by atoms with van der Waals surface area (Å²) >= 11 is 0.976. The van der Waals surface area contributed by atoms with Crippen LogP contribution in [0, 0.1) is 5.82 Å². The molecule has 31 heavy (non-hydrogen) atoms. The number of benzene rings is 3. The highest BCUT2D eigenvalue weighted by Gasteiger charge is 2.20. The Morgan fingerprint density at radius 2 is 1.71 bits per heavy atom. The van der Waals surface area contributed by atoms with Crippen LogP contribution < -0.4 is 4.72 Å². The number of halogens is 1. The Morgan fingerprint density at radius 3 is 2.55 bits per heavy atom. The van der Waals surface area contributed by atoms with Crippen molar-refractivity contribution in [3.05, 3.63) is 72.5 Å². The predicted molar refractivity (Wildman–Crippen MR) is 118 cm³/mol. The molecule has 0 fully saturated rings. The molecule has 0 aliphatic heterocycles. The second kappa shape index (κ2) is 7.80. The number of hydrogen-bond acceptors (Lipinski definition) is 6. The van der Waals surface area contributed by atoms with Gasteiger partial charge in [-0.25, -0.2) is 22.5 Å². The zero-order valence-electron chi connectivity index (χ0n) is 16.1. The van der Waals surface area contributed by atoms with Gasteiger partial charge in [0.15, 0.2) is 0 Å². The number of sulfonamides is 1. The van der Waals surface area contributed by atoms with E-state index in [2.05, 4.69) is 18.5 Å². The third kappa shape index (κ3) is 3.69. The van der Waals surface area contributed by atoms with E-state index in [0.717, 1.165) is 28.3 Å². The van der Waals surface area contributed by atoms with Crippen LogP contribution in [0.3, 0.4) is 0 Å². The quantitative estimate of drug-likeness (QED) is 0.422. The van der Waals surface area contributed by atoms with Crippen LogP contribution in [0.1, 0.15) is 0 Å². The van der Waals surface area contributed by atoms with Crippen molar-refractivity contribution in [3.8, 4) is 11.4 Å². The van der Waals surface area contributed by atoms with Crippen LogP contribution in [0.25, 0.3) is 33.5 Å². The molecule has 7 nitrogen and oxygen atoms in total. The topological polar surface area (TPSA) is 89.8 Å². The first-order chi connectivity index (χ1) is 15.0. The number of hydrogen-bond donors (Lipinski definition) is 1. The highest BCUT2D eigenvalue weighted by molar-refractivity contribution is 7.89. The van der Waals surface area contributed by atoms with Crippen LogP contribution in [0.4, 0.5) is 4.39 Å². The van der Waals surface area contributed by atoms with Gasteiger partial charge in [-0.3, -0.25) is 0 Å². The smallest absolute Gasteiger partial charge is 0.242 e. The Kier molecular flexibility index (Phi) is 4.97. The molecule has 0 radical (unpaired) electrons. The maximum absolute atomic E-state index is 13.4. The first kappa shape index (κ1) is 19.7. The minimum absolute atomic E-state index is 0.105. The molecule has 0 aliphatic rings. The summed E-state index contributed by atoms with van der Waals surface area (Å²) in [5, 5.41) is 0. The molecule has 0 amide bonds. The zero-order chi connectivity index (χ0) is 21.4. The molecule has 0 saturated carbocycles. The summed E-state index contributed by atoms with van der Waals surface area (Å²) in [6, 6.07) is 18.6. The summed E-state index contributed by atoms with van der Waals surface area (Å²) in [7, 11) is -3.78. The Balaban J connectivity index is 1.45. The highest BCUT2D eigenvalue weighted by Crippen LogP contribution is 2.25. The fourth-order valence-electron chi connectivity index (χ4n) is 3.49. The van der Waals surface area contributed by atoms with Crippen LogP contribution in [0.15, 0.2) is 71.6 Å². The third-order valence-corrected chi connectivity index (χ3v) is 6.96. The molecule has 0 saturated heterocycles. The number of fused-ring (bicyclic) bond motifs is 2. The summed E-state index contributed by atoms with van der Waals surface area (Å²) in [4.78, 5) is 4.77. The molecule has 1 N–H and O–H groups in total. The lowest BCUT2D eigenvalue weighted by Crippen LogP contribution is -2.27. The van der Waals surface area contributed by atoms with Gasteiger partial charge < -0.3 is 4.57 Å². The molecule has 5 aromatic rings. The van der Waals surface area contributed by atoms with Crippen molar-refractivity contribution >= 4 is 43.8 Å². The minimum Gasteiger partial charge on any atom is -0.323 e. The van der Waals surface area contributed by atoms with E-state index in [9.17, 15) is 12.8 Å². The van der Waals surface area contributed by atoms with Crippen molar-refractivity contribution in [1.29, 1.82) is 0 Å². The van der Waals surface area contributed by atoms with E-state index in [1.54, 1.807) is 24.3 Å². The van der Waals surface area contributed by atoms with Gasteiger partial charge in [-0.1, -0.05) is 18.2 Å². The summed E-state index contributed by atoms with van der Waals surface area (Å²) in [5.41, 5.74) is 3.31. The van der Waals surface area contributed by atoms with Gasteiger partial charge in [-0.15, -0.1) is 0 Å². The average molecular weight is 454 g/mol. The van der Waals surface area contributed by atoms with Crippen molar-refractivity contribution in [3.63, 3.8) is 0 Å². The van der Waals surface area contributed by atoms with Crippen molar-refractivity contribution < 1.29 is 12.8 Å². The van der Waals surface area contributed by atoms with Crippen LogP contribution in [-0.4, -0.2) is 33.3 Å². The number of nitrogens with one attached hydrogen (secondary N) is 1. The molecule has 156 valence electrons.